The van der Waals surface area contributed by atoms with E-state index in [2.05, 4.69) is 18.3 Å². The molecular weight excluding hydrogens is 193 g/mol. The van der Waals surface area contributed by atoms with Crippen LogP contribution in [0.3, 0.4) is 0 Å². The van der Waals surface area contributed by atoms with Crippen LogP contribution >= 0.6 is 0 Å². The Morgan fingerprint density at radius 2 is 2.33 bits per heavy atom. The van der Waals surface area contributed by atoms with Gasteiger partial charge in [-0.25, -0.2) is 0 Å². The molecule has 0 bridgehead atoms. The van der Waals surface area contributed by atoms with Gasteiger partial charge >= 0.3 is 0 Å². The van der Waals surface area contributed by atoms with Crippen LogP contribution in [-0.2, 0) is 6.54 Å². The van der Waals surface area contributed by atoms with Crippen molar-refractivity contribution in [2.75, 3.05) is 13.2 Å². The van der Waals surface area contributed by atoms with Gasteiger partial charge in [-0.1, -0.05) is 6.92 Å². The number of furan rings is 1. The normalized spacial score (nSPS) is 24.4. The minimum absolute atomic E-state index is 0.254. The van der Waals surface area contributed by atoms with Crippen molar-refractivity contribution in [1.29, 1.82) is 0 Å². The summed E-state index contributed by atoms with van der Waals surface area (Å²) in [5.41, 5.74) is 0. The number of nitrogens with one attached hydrogen (secondary N) is 1. The quantitative estimate of drug-likeness (QED) is 0.732. The van der Waals surface area contributed by atoms with Gasteiger partial charge in [0.2, 0.25) is 0 Å². The predicted molar refractivity (Wildman–Crippen MR) is 57.5 cm³/mol. The van der Waals surface area contributed by atoms with E-state index in [9.17, 15) is 4.39 Å². The van der Waals surface area contributed by atoms with Gasteiger partial charge in [0, 0.05) is 5.92 Å². The highest BCUT2D eigenvalue weighted by molar-refractivity contribution is 5.17. The molecule has 0 aliphatic heterocycles. The van der Waals surface area contributed by atoms with Crippen molar-refractivity contribution in [3.05, 3.63) is 23.7 Å². The molecule has 15 heavy (non-hydrogen) atoms. The molecule has 84 valence electrons. The van der Waals surface area contributed by atoms with Crippen LogP contribution in [0.4, 0.5) is 4.39 Å². The van der Waals surface area contributed by atoms with Crippen molar-refractivity contribution >= 4 is 0 Å². The fraction of sp³-hybridized carbons (Fsp3) is 0.667. The average Bonchev–Trinajstić information content (AvgIpc) is 2.80. The maximum absolute atomic E-state index is 11.8. The summed E-state index contributed by atoms with van der Waals surface area (Å²) in [6.45, 7) is 3.41. The highest BCUT2D eigenvalue weighted by atomic mass is 19.1. The lowest BCUT2D eigenvalue weighted by Crippen LogP contribution is -2.14. The number of hydrogen-bond donors (Lipinski definition) is 1. The molecule has 2 atom stereocenters. The summed E-state index contributed by atoms with van der Waals surface area (Å²) in [7, 11) is 0. The van der Waals surface area contributed by atoms with Crippen molar-refractivity contribution in [3.8, 4) is 0 Å². The van der Waals surface area contributed by atoms with E-state index in [-0.39, 0.29) is 6.67 Å². The second-order valence-electron chi connectivity index (χ2n) is 4.34. The molecule has 1 saturated carbocycles. The Morgan fingerprint density at radius 3 is 3.00 bits per heavy atom. The maximum atomic E-state index is 11.8. The molecule has 1 heterocycles. The van der Waals surface area contributed by atoms with E-state index >= 15 is 0 Å². The molecule has 0 amide bonds. The Balaban J connectivity index is 1.75. The lowest BCUT2D eigenvalue weighted by molar-refractivity contribution is 0.426. The van der Waals surface area contributed by atoms with E-state index in [4.69, 9.17) is 4.42 Å². The minimum Gasteiger partial charge on any atom is -0.464 e. The van der Waals surface area contributed by atoms with E-state index in [1.165, 1.54) is 6.42 Å². The summed E-state index contributed by atoms with van der Waals surface area (Å²) in [4.78, 5) is 0. The summed E-state index contributed by atoms with van der Waals surface area (Å²) in [5, 5.41) is 3.15. The lowest BCUT2D eigenvalue weighted by atomic mass is 10.3. The van der Waals surface area contributed by atoms with Crippen LogP contribution in [0.15, 0.2) is 16.5 Å². The van der Waals surface area contributed by atoms with Gasteiger partial charge in [-0.05, 0) is 37.4 Å². The second-order valence-corrected chi connectivity index (χ2v) is 4.34. The molecule has 3 heteroatoms. The van der Waals surface area contributed by atoms with E-state index in [1.807, 2.05) is 6.07 Å². The smallest absolute Gasteiger partial charge is 0.117 e. The first-order valence-electron chi connectivity index (χ1n) is 5.66. The number of rotatable bonds is 6. The molecule has 2 rings (SSSR count). The fourth-order valence-electron chi connectivity index (χ4n) is 1.81. The monoisotopic (exact) mass is 211 g/mol. The average molecular weight is 211 g/mol. The van der Waals surface area contributed by atoms with Crippen LogP contribution in [0, 0.1) is 5.92 Å². The Labute approximate surface area is 89.9 Å². The standard InChI is InChI=1S/C12H18FNO/c1-9-7-11(9)12-4-3-10(15-12)8-14-6-2-5-13/h3-4,9,11,14H,2,5-8H2,1H3. The molecule has 1 fully saturated rings. The maximum Gasteiger partial charge on any atom is 0.117 e. The third-order valence-electron chi connectivity index (χ3n) is 2.94. The van der Waals surface area contributed by atoms with Gasteiger partial charge in [0.1, 0.15) is 11.5 Å². The summed E-state index contributed by atoms with van der Waals surface area (Å²) in [6.07, 6.45) is 1.83. The molecule has 1 aromatic rings. The van der Waals surface area contributed by atoms with Gasteiger partial charge in [0.15, 0.2) is 0 Å². The zero-order valence-corrected chi connectivity index (χ0v) is 9.13. The third kappa shape index (κ3) is 2.81. The number of alkyl halides is 1. The van der Waals surface area contributed by atoms with E-state index in [0.29, 0.717) is 25.4 Å². The zero-order chi connectivity index (χ0) is 10.7. The molecule has 2 unspecified atom stereocenters. The van der Waals surface area contributed by atoms with E-state index < -0.39 is 0 Å². The zero-order valence-electron chi connectivity index (χ0n) is 9.13. The first kappa shape index (κ1) is 10.7. The van der Waals surface area contributed by atoms with Crippen molar-refractivity contribution in [3.63, 3.8) is 0 Å². The van der Waals surface area contributed by atoms with Crippen molar-refractivity contribution in [2.24, 2.45) is 5.92 Å². The van der Waals surface area contributed by atoms with Crippen LogP contribution in [0.25, 0.3) is 0 Å². The summed E-state index contributed by atoms with van der Waals surface area (Å²) in [6, 6.07) is 4.09. The molecule has 0 spiro atoms. The molecule has 2 nitrogen and oxygen atoms in total. The molecule has 0 radical (unpaired) electrons. The van der Waals surface area contributed by atoms with Gasteiger partial charge in [-0.15, -0.1) is 0 Å². The van der Waals surface area contributed by atoms with Gasteiger partial charge in [-0.2, -0.15) is 0 Å². The molecule has 1 N–H and O–H groups in total. The summed E-state index contributed by atoms with van der Waals surface area (Å²) < 4.78 is 17.5. The van der Waals surface area contributed by atoms with Crippen LogP contribution in [0.1, 0.15) is 37.2 Å². The van der Waals surface area contributed by atoms with E-state index in [0.717, 1.165) is 17.4 Å². The van der Waals surface area contributed by atoms with Crippen LogP contribution in [0.2, 0.25) is 0 Å². The third-order valence-corrected chi connectivity index (χ3v) is 2.94. The van der Waals surface area contributed by atoms with Crippen LogP contribution in [-0.4, -0.2) is 13.2 Å². The molecule has 1 aliphatic carbocycles. The van der Waals surface area contributed by atoms with Gasteiger partial charge in [-0.3, -0.25) is 4.39 Å². The molecule has 0 aromatic carbocycles. The summed E-state index contributed by atoms with van der Waals surface area (Å²) in [5.74, 6) is 3.50. The fourth-order valence-corrected chi connectivity index (χ4v) is 1.81. The number of halogens is 1. The van der Waals surface area contributed by atoms with Crippen LogP contribution in [0.5, 0.6) is 0 Å². The highest BCUT2D eigenvalue weighted by Gasteiger charge is 2.36. The Hall–Kier alpha value is -0.830. The van der Waals surface area contributed by atoms with Gasteiger partial charge in [0.05, 0.1) is 13.2 Å². The predicted octanol–water partition coefficient (Wildman–Crippen LogP) is 2.85. The first-order valence-corrected chi connectivity index (χ1v) is 5.66. The lowest BCUT2D eigenvalue weighted by Gasteiger charge is -1.99. The Morgan fingerprint density at radius 1 is 1.53 bits per heavy atom. The highest BCUT2D eigenvalue weighted by Crippen LogP contribution is 2.47. The Kier molecular flexibility index (Phi) is 3.41. The molecule has 1 aliphatic rings. The molecule has 1 aromatic heterocycles. The van der Waals surface area contributed by atoms with Gasteiger partial charge in [0.25, 0.3) is 0 Å². The topological polar surface area (TPSA) is 25.2 Å². The largest absolute Gasteiger partial charge is 0.464 e. The first-order chi connectivity index (χ1) is 7.31. The summed E-state index contributed by atoms with van der Waals surface area (Å²) >= 11 is 0. The van der Waals surface area contributed by atoms with Gasteiger partial charge < -0.3 is 9.73 Å². The SMILES string of the molecule is CC1CC1c1ccc(CNCCCF)o1. The van der Waals surface area contributed by atoms with Crippen LogP contribution < -0.4 is 5.32 Å². The number of hydrogen-bond acceptors (Lipinski definition) is 2. The Bertz CT molecular complexity index is 310. The van der Waals surface area contributed by atoms with Crippen molar-refractivity contribution in [2.45, 2.75) is 32.2 Å². The van der Waals surface area contributed by atoms with Crippen molar-refractivity contribution < 1.29 is 8.81 Å². The molecular formula is C12H18FNO. The second kappa shape index (κ2) is 4.79. The van der Waals surface area contributed by atoms with E-state index in [1.54, 1.807) is 0 Å². The van der Waals surface area contributed by atoms with Crippen molar-refractivity contribution in [1.82, 2.24) is 5.32 Å². The minimum atomic E-state index is -0.254. The molecule has 0 saturated heterocycles.